The van der Waals surface area contributed by atoms with Gasteiger partial charge in [0, 0.05) is 31.5 Å². The average Bonchev–Trinajstić information content (AvgIpc) is 3.32. The molecule has 2 aromatic rings. The minimum absolute atomic E-state index is 0.0542. The lowest BCUT2D eigenvalue weighted by molar-refractivity contribution is -0.181. The van der Waals surface area contributed by atoms with Crippen LogP contribution in [-0.4, -0.2) is 60.2 Å². The lowest BCUT2D eigenvalue weighted by Crippen LogP contribution is -2.47. The Labute approximate surface area is 145 Å². The SMILES string of the molecule is COc1ccccc1-c1cc(C(=O)N2CCC3(CC2)OCCO3)[nH]n1. The third-order valence-corrected chi connectivity index (χ3v) is 4.82. The molecule has 2 fully saturated rings. The number of ether oxygens (including phenoxy) is 3. The fourth-order valence-corrected chi connectivity index (χ4v) is 3.43. The minimum atomic E-state index is -0.479. The predicted molar refractivity (Wildman–Crippen MR) is 90.3 cm³/mol. The van der Waals surface area contributed by atoms with Crippen molar-refractivity contribution in [2.24, 2.45) is 0 Å². The van der Waals surface area contributed by atoms with E-state index in [0.717, 1.165) is 11.3 Å². The highest BCUT2D eigenvalue weighted by atomic mass is 16.7. The number of piperidine rings is 1. The van der Waals surface area contributed by atoms with Gasteiger partial charge in [-0.2, -0.15) is 5.10 Å². The molecule has 25 heavy (non-hydrogen) atoms. The number of carbonyl (C=O) groups is 1. The van der Waals surface area contributed by atoms with Crippen LogP contribution in [0, 0.1) is 0 Å². The van der Waals surface area contributed by atoms with Gasteiger partial charge in [0.2, 0.25) is 0 Å². The van der Waals surface area contributed by atoms with Crippen LogP contribution in [0.4, 0.5) is 0 Å². The van der Waals surface area contributed by atoms with Crippen LogP contribution < -0.4 is 4.74 Å². The maximum Gasteiger partial charge on any atom is 0.271 e. The minimum Gasteiger partial charge on any atom is -0.496 e. The summed E-state index contributed by atoms with van der Waals surface area (Å²) in [6, 6.07) is 9.38. The number of methoxy groups -OCH3 is 1. The maximum absolute atomic E-state index is 12.7. The van der Waals surface area contributed by atoms with Crippen LogP contribution in [-0.2, 0) is 9.47 Å². The number of para-hydroxylation sites is 1. The summed E-state index contributed by atoms with van der Waals surface area (Å²) in [5.74, 6) is 0.192. The lowest BCUT2D eigenvalue weighted by Gasteiger charge is -2.37. The van der Waals surface area contributed by atoms with Crippen molar-refractivity contribution in [2.45, 2.75) is 18.6 Å². The quantitative estimate of drug-likeness (QED) is 0.923. The van der Waals surface area contributed by atoms with Gasteiger partial charge in [0.15, 0.2) is 5.79 Å². The molecule has 1 amide bonds. The molecule has 0 aliphatic carbocycles. The number of hydrogen-bond donors (Lipinski definition) is 1. The normalized spacial score (nSPS) is 19.3. The second kappa shape index (κ2) is 6.50. The van der Waals surface area contributed by atoms with Gasteiger partial charge in [-0.15, -0.1) is 0 Å². The summed E-state index contributed by atoms with van der Waals surface area (Å²) in [6.45, 7) is 2.50. The van der Waals surface area contributed by atoms with Crippen LogP contribution in [0.3, 0.4) is 0 Å². The van der Waals surface area contributed by atoms with Crippen molar-refractivity contribution >= 4 is 5.91 Å². The summed E-state index contributed by atoms with van der Waals surface area (Å²) < 4.78 is 16.8. The zero-order chi connectivity index (χ0) is 17.3. The van der Waals surface area contributed by atoms with Crippen molar-refractivity contribution in [1.82, 2.24) is 15.1 Å². The summed E-state index contributed by atoms with van der Waals surface area (Å²) in [7, 11) is 1.62. The molecular formula is C18H21N3O4. The van der Waals surface area contributed by atoms with Gasteiger partial charge in [0.25, 0.3) is 5.91 Å². The van der Waals surface area contributed by atoms with E-state index in [1.165, 1.54) is 0 Å². The molecule has 0 radical (unpaired) electrons. The van der Waals surface area contributed by atoms with Crippen LogP contribution in [0.5, 0.6) is 5.75 Å². The predicted octanol–water partition coefficient (Wildman–Crippen LogP) is 2.06. The Balaban J connectivity index is 1.48. The molecule has 0 saturated carbocycles. The number of nitrogens with zero attached hydrogens (tertiary/aromatic N) is 2. The van der Waals surface area contributed by atoms with Gasteiger partial charge in [-0.05, 0) is 18.2 Å². The first-order valence-corrected chi connectivity index (χ1v) is 8.47. The van der Waals surface area contributed by atoms with Crippen molar-refractivity contribution < 1.29 is 19.0 Å². The summed E-state index contributed by atoms with van der Waals surface area (Å²) >= 11 is 0. The molecule has 1 spiro atoms. The van der Waals surface area contributed by atoms with E-state index in [0.29, 0.717) is 50.5 Å². The first-order valence-electron chi connectivity index (χ1n) is 8.47. The first kappa shape index (κ1) is 16.1. The summed E-state index contributed by atoms with van der Waals surface area (Å²) in [4.78, 5) is 14.6. The highest BCUT2D eigenvalue weighted by molar-refractivity contribution is 5.93. The molecule has 4 rings (SSSR count). The van der Waals surface area contributed by atoms with Gasteiger partial charge in [-0.25, -0.2) is 0 Å². The fraction of sp³-hybridized carbons (Fsp3) is 0.444. The van der Waals surface area contributed by atoms with Crippen molar-refractivity contribution in [3.8, 4) is 17.0 Å². The Hall–Kier alpha value is -2.38. The van der Waals surface area contributed by atoms with E-state index in [1.54, 1.807) is 13.2 Å². The third kappa shape index (κ3) is 3.01. The molecule has 1 aromatic heterocycles. The van der Waals surface area contributed by atoms with E-state index < -0.39 is 5.79 Å². The van der Waals surface area contributed by atoms with E-state index >= 15 is 0 Å². The first-order chi connectivity index (χ1) is 12.2. The molecule has 0 bridgehead atoms. The zero-order valence-corrected chi connectivity index (χ0v) is 14.2. The van der Waals surface area contributed by atoms with Gasteiger partial charge in [0.05, 0.1) is 26.0 Å². The second-order valence-corrected chi connectivity index (χ2v) is 6.27. The molecule has 7 heteroatoms. The van der Waals surface area contributed by atoms with Gasteiger partial charge >= 0.3 is 0 Å². The standard InChI is InChI=1S/C18H21N3O4/c1-23-16-5-3-2-4-13(16)14-12-15(20-19-14)17(22)21-8-6-18(7-9-21)24-10-11-25-18/h2-5,12H,6-11H2,1H3,(H,19,20). The van der Waals surface area contributed by atoms with E-state index in [2.05, 4.69) is 10.2 Å². The summed E-state index contributed by atoms with van der Waals surface area (Å²) in [5.41, 5.74) is 2.02. The zero-order valence-electron chi connectivity index (χ0n) is 14.2. The highest BCUT2D eigenvalue weighted by Crippen LogP contribution is 2.32. The topological polar surface area (TPSA) is 76.7 Å². The lowest BCUT2D eigenvalue weighted by atomic mass is 10.0. The number of nitrogens with one attached hydrogen (secondary N) is 1. The van der Waals surface area contributed by atoms with Gasteiger partial charge in [-0.1, -0.05) is 12.1 Å². The van der Waals surface area contributed by atoms with E-state index in [4.69, 9.17) is 14.2 Å². The maximum atomic E-state index is 12.7. The van der Waals surface area contributed by atoms with Gasteiger partial charge in [-0.3, -0.25) is 9.89 Å². The molecule has 0 unspecified atom stereocenters. The molecular weight excluding hydrogens is 322 g/mol. The van der Waals surface area contributed by atoms with Crippen LogP contribution in [0.2, 0.25) is 0 Å². The van der Waals surface area contributed by atoms with Crippen molar-refractivity contribution in [3.63, 3.8) is 0 Å². The van der Waals surface area contributed by atoms with E-state index in [-0.39, 0.29) is 5.91 Å². The number of hydrogen-bond acceptors (Lipinski definition) is 5. The highest BCUT2D eigenvalue weighted by Gasteiger charge is 2.41. The van der Waals surface area contributed by atoms with Crippen molar-refractivity contribution in [1.29, 1.82) is 0 Å². The Morgan fingerprint density at radius 1 is 1.24 bits per heavy atom. The Bertz CT molecular complexity index is 757. The summed E-state index contributed by atoms with van der Waals surface area (Å²) in [5, 5.41) is 7.13. The van der Waals surface area contributed by atoms with Gasteiger partial charge < -0.3 is 19.1 Å². The number of aromatic nitrogens is 2. The van der Waals surface area contributed by atoms with E-state index in [1.807, 2.05) is 29.2 Å². The van der Waals surface area contributed by atoms with Crippen molar-refractivity contribution in [3.05, 3.63) is 36.0 Å². The monoisotopic (exact) mass is 343 g/mol. The van der Waals surface area contributed by atoms with Gasteiger partial charge in [0.1, 0.15) is 11.4 Å². The largest absolute Gasteiger partial charge is 0.496 e. The average molecular weight is 343 g/mol. The molecule has 1 N–H and O–H groups in total. The number of carbonyl (C=O) groups excluding carboxylic acids is 1. The molecule has 7 nitrogen and oxygen atoms in total. The second-order valence-electron chi connectivity index (χ2n) is 6.27. The van der Waals surface area contributed by atoms with E-state index in [9.17, 15) is 4.79 Å². The number of rotatable bonds is 3. The molecule has 0 atom stereocenters. The van der Waals surface area contributed by atoms with Crippen LogP contribution >= 0.6 is 0 Å². The summed E-state index contributed by atoms with van der Waals surface area (Å²) in [6.07, 6.45) is 1.40. The Kier molecular flexibility index (Phi) is 4.19. The Morgan fingerprint density at radius 3 is 2.68 bits per heavy atom. The molecule has 2 saturated heterocycles. The smallest absolute Gasteiger partial charge is 0.271 e. The van der Waals surface area contributed by atoms with Crippen molar-refractivity contribution in [2.75, 3.05) is 33.4 Å². The molecule has 2 aliphatic rings. The Morgan fingerprint density at radius 2 is 1.96 bits per heavy atom. The molecule has 3 heterocycles. The number of amides is 1. The third-order valence-electron chi connectivity index (χ3n) is 4.82. The number of aromatic amines is 1. The molecule has 2 aliphatic heterocycles. The van der Waals surface area contributed by atoms with Crippen LogP contribution in [0.15, 0.2) is 30.3 Å². The molecule has 1 aromatic carbocycles. The molecule has 132 valence electrons. The number of H-pyrrole nitrogens is 1. The van der Waals surface area contributed by atoms with Crippen LogP contribution in [0.25, 0.3) is 11.3 Å². The van der Waals surface area contributed by atoms with Crippen LogP contribution in [0.1, 0.15) is 23.3 Å². The number of likely N-dealkylation sites (tertiary alicyclic amines) is 1. The number of benzene rings is 1. The fourth-order valence-electron chi connectivity index (χ4n) is 3.43.